The molecule has 3 aromatic carbocycles. The molecule has 0 saturated heterocycles. The molecule has 3 aromatic rings. The lowest BCUT2D eigenvalue weighted by molar-refractivity contribution is 0.392. The summed E-state index contributed by atoms with van der Waals surface area (Å²) in [5, 5.41) is 12.2. The van der Waals surface area contributed by atoms with Crippen LogP contribution >= 0.6 is 23.4 Å². The molecule has 4 rings (SSSR count). The van der Waals surface area contributed by atoms with Crippen LogP contribution in [0.5, 0.6) is 0 Å². The van der Waals surface area contributed by atoms with Crippen molar-refractivity contribution in [1.29, 1.82) is 0 Å². The average molecular weight is 665 g/mol. The minimum atomic E-state index is 0.235. The Bertz CT molecular complexity index is 1300. The second kappa shape index (κ2) is 21.3. The quantitative estimate of drug-likeness (QED) is 0.115. The lowest BCUT2D eigenvalue weighted by atomic mass is 9.86. The van der Waals surface area contributed by atoms with Gasteiger partial charge in [0.1, 0.15) is 5.84 Å². The van der Waals surface area contributed by atoms with E-state index in [-0.39, 0.29) is 5.41 Å². The smallest absolute Gasteiger partial charge is 0.132 e. The van der Waals surface area contributed by atoms with Crippen LogP contribution in [0.15, 0.2) is 82.8 Å². The van der Waals surface area contributed by atoms with Gasteiger partial charge in [-0.05, 0) is 105 Å². The number of para-hydroxylation sites is 1. The second-order valence-corrected chi connectivity index (χ2v) is 14.4. The van der Waals surface area contributed by atoms with Crippen LogP contribution in [0.3, 0.4) is 0 Å². The topological polar surface area (TPSA) is 60.2 Å². The first-order valence-electron chi connectivity index (χ1n) is 16.5. The fourth-order valence-electron chi connectivity index (χ4n) is 5.41. The van der Waals surface area contributed by atoms with Crippen LogP contribution in [0.25, 0.3) is 0 Å². The molecule has 46 heavy (non-hydrogen) atoms. The molecule has 1 aliphatic carbocycles. The largest absolute Gasteiger partial charge is 0.400 e. The molecule has 1 aliphatic rings. The van der Waals surface area contributed by atoms with Gasteiger partial charge in [-0.2, -0.15) is 11.8 Å². The number of aliphatic imine (C=N–C) groups is 2. The van der Waals surface area contributed by atoms with Gasteiger partial charge in [0.25, 0.3) is 0 Å². The number of aliphatic hydroxyl groups is 1. The molecule has 0 bridgehead atoms. The highest BCUT2D eigenvalue weighted by Crippen LogP contribution is 2.36. The molecule has 252 valence electrons. The highest BCUT2D eigenvalue weighted by Gasteiger charge is 2.25. The first kappa shape index (κ1) is 39.5. The summed E-state index contributed by atoms with van der Waals surface area (Å²) in [4.78, 5) is 10.4. The number of amidine groups is 1. The van der Waals surface area contributed by atoms with E-state index in [9.17, 15) is 0 Å². The van der Waals surface area contributed by atoms with Gasteiger partial charge in [-0.25, -0.2) is 0 Å². The Labute approximate surface area is 289 Å². The summed E-state index contributed by atoms with van der Waals surface area (Å²) >= 11 is 8.14. The predicted molar refractivity (Wildman–Crippen MR) is 205 cm³/mol. The minimum absolute atomic E-state index is 0.235. The molecule has 0 spiro atoms. The molecular formula is C39H57ClN4OS. The number of nitrogens with zero attached hydrogens (tertiary/aromatic N) is 3. The van der Waals surface area contributed by atoms with Crippen molar-refractivity contribution in [2.24, 2.45) is 15.9 Å². The predicted octanol–water partition coefficient (Wildman–Crippen LogP) is 9.22. The highest BCUT2D eigenvalue weighted by atomic mass is 35.5. The van der Waals surface area contributed by atoms with Crippen molar-refractivity contribution in [3.63, 3.8) is 0 Å². The maximum Gasteiger partial charge on any atom is 0.132 e. The van der Waals surface area contributed by atoms with Crippen molar-refractivity contribution < 1.29 is 5.11 Å². The molecule has 7 heteroatoms. The first-order valence-corrected chi connectivity index (χ1v) is 17.9. The van der Waals surface area contributed by atoms with E-state index in [4.69, 9.17) is 16.7 Å². The Balaban J connectivity index is 0.000000365. The van der Waals surface area contributed by atoms with E-state index >= 15 is 0 Å². The van der Waals surface area contributed by atoms with Gasteiger partial charge in [0.2, 0.25) is 0 Å². The van der Waals surface area contributed by atoms with Crippen molar-refractivity contribution in [3.05, 3.63) is 100 Å². The van der Waals surface area contributed by atoms with Gasteiger partial charge in [0.05, 0.1) is 5.69 Å². The van der Waals surface area contributed by atoms with Crippen molar-refractivity contribution in [2.75, 3.05) is 40.0 Å². The summed E-state index contributed by atoms with van der Waals surface area (Å²) in [6.45, 7) is 15.4. The third kappa shape index (κ3) is 13.6. The van der Waals surface area contributed by atoms with Gasteiger partial charge in [-0.3, -0.25) is 9.98 Å². The van der Waals surface area contributed by atoms with E-state index in [0.29, 0.717) is 0 Å². The molecule has 0 aromatic heterocycles. The van der Waals surface area contributed by atoms with E-state index in [1.165, 1.54) is 48.1 Å². The zero-order valence-electron chi connectivity index (χ0n) is 29.2. The van der Waals surface area contributed by atoms with Gasteiger partial charge in [-0.15, -0.1) is 0 Å². The van der Waals surface area contributed by atoms with Crippen LogP contribution in [0.4, 0.5) is 5.69 Å². The Morgan fingerprint density at radius 1 is 0.957 bits per heavy atom. The number of hydrogen-bond acceptors (Lipinski definition) is 5. The monoisotopic (exact) mass is 664 g/mol. The summed E-state index contributed by atoms with van der Waals surface area (Å²) in [7, 11) is 4.96. The maximum atomic E-state index is 7.00. The first-order chi connectivity index (χ1) is 22.1. The zero-order chi connectivity index (χ0) is 34.0. The van der Waals surface area contributed by atoms with Gasteiger partial charge >= 0.3 is 0 Å². The molecule has 0 unspecified atom stereocenters. The number of nitrogens with one attached hydrogen (secondary N) is 1. The SMILES string of the molecule is C=Nc1ccccc1C(=NCC)N(C)C.CC1CCC(SCC(C)(C)c2ccc(CCNCc3ccc(Cl)cc3)cc2)CC1.CO. The van der Waals surface area contributed by atoms with Crippen LogP contribution in [-0.4, -0.2) is 67.9 Å². The molecule has 0 atom stereocenters. The van der Waals surface area contributed by atoms with Gasteiger partial charge in [0, 0.05) is 55.9 Å². The van der Waals surface area contributed by atoms with E-state index < -0.39 is 0 Å². The lowest BCUT2D eigenvalue weighted by Crippen LogP contribution is -2.24. The second-order valence-electron chi connectivity index (χ2n) is 12.7. The number of benzene rings is 3. The molecule has 1 saturated carbocycles. The summed E-state index contributed by atoms with van der Waals surface area (Å²) in [5.41, 5.74) is 6.28. The van der Waals surface area contributed by atoms with Crippen molar-refractivity contribution >= 4 is 41.6 Å². The van der Waals surface area contributed by atoms with Crippen LogP contribution < -0.4 is 5.32 Å². The zero-order valence-corrected chi connectivity index (χ0v) is 30.8. The minimum Gasteiger partial charge on any atom is -0.400 e. The van der Waals surface area contributed by atoms with Crippen molar-refractivity contribution in [3.8, 4) is 0 Å². The number of halogens is 1. The fourth-order valence-corrected chi connectivity index (χ4v) is 6.96. The number of thioether (sulfide) groups is 1. The molecule has 1 fully saturated rings. The normalized spacial score (nSPS) is 16.4. The Hall–Kier alpha value is -2.64. The Morgan fingerprint density at radius 3 is 2.15 bits per heavy atom. The van der Waals surface area contributed by atoms with Gasteiger partial charge in [0.15, 0.2) is 0 Å². The highest BCUT2D eigenvalue weighted by molar-refractivity contribution is 7.99. The number of hydrogen-bond donors (Lipinski definition) is 2. The van der Waals surface area contributed by atoms with E-state index in [0.717, 1.165) is 66.4 Å². The van der Waals surface area contributed by atoms with Crippen LogP contribution in [0, 0.1) is 5.92 Å². The van der Waals surface area contributed by atoms with Crippen molar-refractivity contribution in [2.45, 2.75) is 77.0 Å². The summed E-state index contributed by atoms with van der Waals surface area (Å²) in [5.74, 6) is 3.10. The maximum absolute atomic E-state index is 7.00. The van der Waals surface area contributed by atoms with Gasteiger partial charge in [-0.1, -0.05) is 80.9 Å². The van der Waals surface area contributed by atoms with Crippen LogP contribution in [-0.2, 0) is 18.4 Å². The molecule has 0 amide bonds. The average Bonchev–Trinajstić information content (AvgIpc) is 3.07. The number of aliphatic hydroxyl groups excluding tert-OH is 1. The van der Waals surface area contributed by atoms with Crippen LogP contribution in [0.1, 0.15) is 75.6 Å². The Morgan fingerprint density at radius 2 is 1.57 bits per heavy atom. The molecular weight excluding hydrogens is 608 g/mol. The summed E-state index contributed by atoms with van der Waals surface area (Å²) in [6.07, 6.45) is 6.70. The van der Waals surface area contributed by atoms with Crippen molar-refractivity contribution in [1.82, 2.24) is 10.2 Å². The van der Waals surface area contributed by atoms with E-state index in [1.54, 1.807) is 0 Å². The van der Waals surface area contributed by atoms with E-state index in [2.05, 4.69) is 91.0 Å². The molecule has 2 N–H and O–H groups in total. The molecule has 0 aliphatic heterocycles. The van der Waals surface area contributed by atoms with Gasteiger partial charge < -0.3 is 15.3 Å². The third-order valence-electron chi connectivity index (χ3n) is 8.26. The summed E-state index contributed by atoms with van der Waals surface area (Å²) in [6, 6.07) is 25.3. The number of rotatable bonds is 12. The molecule has 5 nitrogen and oxygen atoms in total. The Kier molecular flexibility index (Phi) is 18.3. The van der Waals surface area contributed by atoms with E-state index in [1.807, 2.05) is 62.3 Å². The lowest BCUT2D eigenvalue weighted by Gasteiger charge is -2.30. The summed E-state index contributed by atoms with van der Waals surface area (Å²) < 4.78 is 0. The molecule has 0 radical (unpaired) electrons. The standard InChI is InChI=1S/C26H36ClNS.C12H17N3.CH4O/c1-20-4-14-25(15-5-20)29-19-26(2,3)23-10-6-21(7-11-23)16-17-28-18-22-8-12-24(27)13-9-22;1-5-14-12(15(3)4)10-8-6-7-9-11(10)13-2;1-2/h6-13,20,25,28H,4-5,14-19H2,1-3H3;6-9H,2,5H2,1,3-4H3;2H,1H3. The van der Waals surface area contributed by atoms with Crippen LogP contribution in [0.2, 0.25) is 5.02 Å². The third-order valence-corrected chi connectivity index (χ3v) is 10.3. The fraction of sp³-hybridized carbons (Fsp3) is 0.487. The molecule has 0 heterocycles.